The van der Waals surface area contributed by atoms with Gasteiger partial charge in [-0.1, -0.05) is 48.5 Å². The summed E-state index contributed by atoms with van der Waals surface area (Å²) in [5.74, 6) is -0.427. The second kappa shape index (κ2) is 8.29. The largest absolute Gasteiger partial charge is 0.399 e. The molecule has 164 valence electrons. The van der Waals surface area contributed by atoms with Gasteiger partial charge in [0, 0.05) is 22.1 Å². The molecule has 4 aromatic carbocycles. The van der Waals surface area contributed by atoms with E-state index in [2.05, 4.69) is 0 Å². The first kappa shape index (κ1) is 21.9. The molecule has 0 aliphatic carbocycles. The molecule has 4 rings (SSSR count). The molecule has 0 atom stereocenters. The molecule has 8 heteroatoms. The molecule has 0 aliphatic rings. The monoisotopic (exact) mass is 466 g/mol. The molecule has 0 aromatic heterocycles. The van der Waals surface area contributed by atoms with Crippen LogP contribution in [0.5, 0.6) is 0 Å². The minimum absolute atomic E-state index is 0.0939. The van der Waals surface area contributed by atoms with Gasteiger partial charge in [-0.05, 0) is 47.5 Å². The number of hydrogen-bond donors (Lipinski definition) is 2. The van der Waals surface area contributed by atoms with Crippen molar-refractivity contribution in [2.45, 2.75) is 21.3 Å². The van der Waals surface area contributed by atoms with Crippen molar-refractivity contribution in [2.24, 2.45) is 0 Å². The highest BCUT2D eigenvalue weighted by Gasteiger charge is 2.23. The van der Waals surface area contributed by atoms with Crippen LogP contribution in [0, 0.1) is 0 Å². The van der Waals surface area contributed by atoms with E-state index in [1.54, 1.807) is 72.8 Å². The number of anilines is 2. The number of nitrogens with two attached hydrogens (primary N) is 2. The maximum Gasteiger partial charge on any atom is 0.183 e. The zero-order chi connectivity index (χ0) is 22.9. The van der Waals surface area contributed by atoms with Crippen LogP contribution in [0.15, 0.2) is 94.7 Å². The van der Waals surface area contributed by atoms with Crippen molar-refractivity contribution in [3.05, 3.63) is 96.1 Å². The van der Waals surface area contributed by atoms with E-state index >= 15 is 0 Å². The lowest BCUT2D eigenvalue weighted by Crippen LogP contribution is -2.08. The van der Waals surface area contributed by atoms with Crippen molar-refractivity contribution in [1.29, 1.82) is 0 Å². The molecule has 4 N–H and O–H groups in total. The second-order valence-corrected chi connectivity index (χ2v) is 11.5. The van der Waals surface area contributed by atoms with Crippen molar-refractivity contribution >= 4 is 41.8 Å². The summed E-state index contributed by atoms with van der Waals surface area (Å²) in [5, 5.41) is 0.752. The lowest BCUT2D eigenvalue weighted by Gasteiger charge is -2.12. The molecule has 0 aliphatic heterocycles. The molecule has 0 spiro atoms. The Kier molecular flexibility index (Phi) is 5.66. The van der Waals surface area contributed by atoms with Gasteiger partial charge >= 0.3 is 0 Å². The van der Waals surface area contributed by atoms with Crippen LogP contribution >= 0.6 is 0 Å². The van der Waals surface area contributed by atoms with E-state index in [0.717, 1.165) is 0 Å². The number of benzene rings is 4. The number of fused-ring (bicyclic) bond motifs is 1. The zero-order valence-electron chi connectivity index (χ0n) is 17.1. The first-order chi connectivity index (χ1) is 15.2. The van der Waals surface area contributed by atoms with Gasteiger partial charge in [0.2, 0.25) is 0 Å². The first-order valence-electron chi connectivity index (χ1n) is 9.82. The van der Waals surface area contributed by atoms with Crippen molar-refractivity contribution in [1.82, 2.24) is 0 Å². The fraction of sp³-hybridized carbons (Fsp3) is 0.0833. The maximum absolute atomic E-state index is 13.2. The van der Waals surface area contributed by atoms with Crippen LogP contribution in [-0.4, -0.2) is 16.8 Å². The van der Waals surface area contributed by atoms with Crippen LogP contribution in [0.1, 0.15) is 11.1 Å². The van der Waals surface area contributed by atoms with E-state index in [9.17, 15) is 16.8 Å². The van der Waals surface area contributed by atoms with Gasteiger partial charge < -0.3 is 11.5 Å². The second-order valence-electron chi connectivity index (χ2n) is 7.61. The van der Waals surface area contributed by atoms with Crippen LogP contribution in [-0.2, 0) is 31.2 Å². The molecule has 6 nitrogen and oxygen atoms in total. The highest BCUT2D eigenvalue weighted by Crippen LogP contribution is 2.31. The van der Waals surface area contributed by atoms with Crippen molar-refractivity contribution in [3.63, 3.8) is 0 Å². The van der Waals surface area contributed by atoms with Crippen LogP contribution in [0.4, 0.5) is 11.4 Å². The van der Waals surface area contributed by atoms with E-state index < -0.39 is 19.7 Å². The van der Waals surface area contributed by atoms with E-state index in [4.69, 9.17) is 11.5 Å². The highest BCUT2D eigenvalue weighted by atomic mass is 32.2. The van der Waals surface area contributed by atoms with Gasteiger partial charge in [-0.25, -0.2) is 16.8 Å². The van der Waals surface area contributed by atoms with Crippen LogP contribution in [0.25, 0.3) is 10.8 Å². The summed E-state index contributed by atoms with van der Waals surface area (Å²) in [7, 11) is -7.46. The van der Waals surface area contributed by atoms with Crippen LogP contribution < -0.4 is 11.5 Å². The average molecular weight is 467 g/mol. The highest BCUT2D eigenvalue weighted by molar-refractivity contribution is 7.91. The first-order valence-corrected chi connectivity index (χ1v) is 13.1. The Bertz CT molecular complexity index is 1380. The van der Waals surface area contributed by atoms with Crippen LogP contribution in [0.2, 0.25) is 0 Å². The molecule has 4 aromatic rings. The molecule has 0 bridgehead atoms. The molecule has 0 fully saturated rings. The number of nitrogen functional groups attached to an aromatic ring is 2. The van der Waals surface area contributed by atoms with E-state index in [-0.39, 0.29) is 21.3 Å². The predicted octanol–water partition coefficient (Wildman–Crippen LogP) is 3.95. The van der Waals surface area contributed by atoms with Crippen molar-refractivity contribution in [3.8, 4) is 0 Å². The summed E-state index contributed by atoms with van der Waals surface area (Å²) in [6.45, 7) is 0. The summed E-state index contributed by atoms with van der Waals surface area (Å²) < 4.78 is 52.8. The molecule has 0 radical (unpaired) electrons. The van der Waals surface area contributed by atoms with Gasteiger partial charge in [0.1, 0.15) is 0 Å². The molecule has 0 heterocycles. The third-order valence-corrected chi connectivity index (χ3v) is 8.66. The van der Waals surface area contributed by atoms with Gasteiger partial charge in [-0.15, -0.1) is 0 Å². The van der Waals surface area contributed by atoms with Crippen LogP contribution in [0.3, 0.4) is 0 Å². The average Bonchev–Trinajstić information content (AvgIpc) is 2.76. The summed E-state index contributed by atoms with van der Waals surface area (Å²) in [4.78, 5) is 0.188. The minimum atomic E-state index is -3.73. The Morgan fingerprint density at radius 3 is 1.19 bits per heavy atom. The molecule has 0 saturated carbocycles. The minimum Gasteiger partial charge on any atom is -0.399 e. The number of sulfone groups is 2. The molecular formula is C24H22N2O4S2. The van der Waals surface area contributed by atoms with Gasteiger partial charge in [0.05, 0.1) is 21.3 Å². The predicted molar refractivity (Wildman–Crippen MR) is 127 cm³/mol. The maximum atomic E-state index is 13.2. The van der Waals surface area contributed by atoms with E-state index in [1.807, 2.05) is 0 Å². The molecule has 0 unspecified atom stereocenters. The lowest BCUT2D eigenvalue weighted by atomic mass is 10.1. The van der Waals surface area contributed by atoms with E-state index in [1.165, 1.54) is 12.1 Å². The van der Waals surface area contributed by atoms with Gasteiger partial charge in [-0.3, -0.25) is 0 Å². The fourth-order valence-electron chi connectivity index (χ4n) is 3.62. The normalized spacial score (nSPS) is 12.1. The van der Waals surface area contributed by atoms with Gasteiger partial charge in [-0.2, -0.15) is 0 Å². The fourth-order valence-corrected chi connectivity index (χ4v) is 6.79. The summed E-state index contributed by atoms with van der Waals surface area (Å²) in [5.41, 5.74) is 13.7. The number of rotatable bonds is 6. The summed E-state index contributed by atoms with van der Waals surface area (Å²) in [6, 6.07) is 22.7. The molecule has 0 saturated heterocycles. The Morgan fingerprint density at radius 2 is 0.844 bits per heavy atom. The Morgan fingerprint density at radius 1 is 0.500 bits per heavy atom. The Balaban J connectivity index is 1.77. The zero-order valence-corrected chi connectivity index (χ0v) is 18.7. The van der Waals surface area contributed by atoms with Crippen molar-refractivity contribution < 1.29 is 16.8 Å². The van der Waals surface area contributed by atoms with Gasteiger partial charge in [0.25, 0.3) is 0 Å². The number of hydrogen-bond acceptors (Lipinski definition) is 6. The Labute approximate surface area is 187 Å². The van der Waals surface area contributed by atoms with Crippen molar-refractivity contribution in [2.75, 3.05) is 11.5 Å². The smallest absolute Gasteiger partial charge is 0.183 e. The topological polar surface area (TPSA) is 120 Å². The lowest BCUT2D eigenvalue weighted by molar-refractivity contribution is 0.593. The molecular weight excluding hydrogens is 444 g/mol. The standard InChI is InChI=1S/C24H22N2O4S2/c25-19-11-7-17(8-12-19)15-31(27,28)23-5-1-3-21-22(23)4-2-6-24(21)32(29,30)16-18-9-13-20(26)14-10-18/h1-14H,15-16,25-26H2. The van der Waals surface area contributed by atoms with E-state index in [0.29, 0.717) is 33.3 Å². The molecule has 32 heavy (non-hydrogen) atoms. The third-order valence-electron chi connectivity index (χ3n) is 5.19. The molecule has 0 amide bonds. The Hall–Kier alpha value is -3.36. The SMILES string of the molecule is Nc1ccc(CS(=O)(=O)c2cccc3c(S(=O)(=O)Cc4ccc(N)cc4)cccc23)cc1. The summed E-state index contributed by atoms with van der Waals surface area (Å²) in [6.07, 6.45) is 0. The van der Waals surface area contributed by atoms with Gasteiger partial charge in [0.15, 0.2) is 19.7 Å². The quantitative estimate of drug-likeness (QED) is 0.415. The summed E-state index contributed by atoms with van der Waals surface area (Å²) >= 11 is 0. The third kappa shape index (κ3) is 4.46.